The van der Waals surface area contributed by atoms with E-state index in [-0.39, 0.29) is 0 Å². The summed E-state index contributed by atoms with van der Waals surface area (Å²) in [5.41, 5.74) is 2.49. The Morgan fingerprint density at radius 1 is 0.833 bits per heavy atom. The molecule has 2 heterocycles. The summed E-state index contributed by atoms with van der Waals surface area (Å²) in [5, 5.41) is 8.97. The number of aromatic amines is 1. The van der Waals surface area contributed by atoms with E-state index in [0.717, 1.165) is 0 Å². The van der Waals surface area contributed by atoms with Gasteiger partial charge in [0.05, 0.1) is 0 Å². The molecule has 5 aromatic rings. The van der Waals surface area contributed by atoms with Crippen molar-refractivity contribution in [2.24, 2.45) is 0 Å². The van der Waals surface area contributed by atoms with E-state index in [1.54, 1.807) is 0 Å². The molecule has 0 aliphatic carbocycles. The molecule has 0 fully saturated rings. The van der Waals surface area contributed by atoms with Crippen LogP contribution in [0, 0.1) is 0 Å². The lowest BCUT2D eigenvalue weighted by molar-refractivity contribution is 1.56. The molecule has 0 radical (unpaired) electrons. The lowest BCUT2D eigenvalue weighted by Gasteiger charge is -2.02. The first-order valence-electron chi connectivity index (χ1n) is 6.04. The van der Waals surface area contributed by atoms with Gasteiger partial charge in [-0.2, -0.15) is 0 Å². The minimum Gasteiger partial charge on any atom is -0.354 e. The second-order valence-corrected chi connectivity index (χ2v) is 5.70. The van der Waals surface area contributed by atoms with Crippen LogP contribution in [0.15, 0.2) is 47.8 Å². The largest absolute Gasteiger partial charge is 0.354 e. The highest BCUT2D eigenvalue weighted by Gasteiger charge is 2.13. The van der Waals surface area contributed by atoms with Crippen molar-refractivity contribution in [3.05, 3.63) is 47.8 Å². The van der Waals surface area contributed by atoms with Gasteiger partial charge in [0.15, 0.2) is 0 Å². The molecule has 0 saturated heterocycles. The average molecular weight is 247 g/mol. The van der Waals surface area contributed by atoms with Crippen LogP contribution in [0.1, 0.15) is 0 Å². The lowest BCUT2D eigenvalue weighted by Crippen LogP contribution is -1.75. The van der Waals surface area contributed by atoms with Crippen molar-refractivity contribution < 1.29 is 0 Å². The smallest absolute Gasteiger partial charge is 0.0478 e. The van der Waals surface area contributed by atoms with Crippen LogP contribution in [0.5, 0.6) is 0 Å². The van der Waals surface area contributed by atoms with Crippen LogP contribution in [-0.2, 0) is 0 Å². The number of H-pyrrole nitrogens is 1. The quantitative estimate of drug-likeness (QED) is 0.365. The van der Waals surface area contributed by atoms with Crippen molar-refractivity contribution in [2.45, 2.75) is 0 Å². The maximum atomic E-state index is 3.55. The fourth-order valence-corrected chi connectivity index (χ4v) is 3.99. The van der Waals surface area contributed by atoms with Crippen molar-refractivity contribution >= 4 is 54.0 Å². The van der Waals surface area contributed by atoms with Crippen LogP contribution in [0.25, 0.3) is 42.7 Å². The van der Waals surface area contributed by atoms with Gasteiger partial charge < -0.3 is 4.98 Å². The summed E-state index contributed by atoms with van der Waals surface area (Å²) in [4.78, 5) is 3.55. The minimum absolute atomic E-state index is 1.24. The summed E-state index contributed by atoms with van der Waals surface area (Å²) < 4.78 is 1.40. The molecule has 84 valence electrons. The molecule has 0 aliphatic heterocycles. The molecule has 0 atom stereocenters. The van der Waals surface area contributed by atoms with Gasteiger partial charge in [-0.3, -0.25) is 0 Å². The van der Waals surface area contributed by atoms with Gasteiger partial charge in [0.2, 0.25) is 0 Å². The fourth-order valence-electron chi connectivity index (χ4n) is 3.08. The van der Waals surface area contributed by atoms with Gasteiger partial charge in [-0.25, -0.2) is 0 Å². The van der Waals surface area contributed by atoms with E-state index in [2.05, 4.69) is 52.8 Å². The molecule has 0 unspecified atom stereocenters. The monoisotopic (exact) mass is 247 g/mol. The van der Waals surface area contributed by atoms with Crippen LogP contribution in [0.3, 0.4) is 0 Å². The maximum absolute atomic E-state index is 3.55. The van der Waals surface area contributed by atoms with Crippen LogP contribution >= 0.6 is 11.3 Å². The Morgan fingerprint density at radius 3 is 2.83 bits per heavy atom. The number of rotatable bonds is 0. The normalized spacial score (nSPS) is 12.4. The Hall–Kier alpha value is -2.06. The summed E-state index contributed by atoms with van der Waals surface area (Å²) in [7, 11) is 0. The molecule has 2 aromatic heterocycles. The zero-order chi connectivity index (χ0) is 11.7. The van der Waals surface area contributed by atoms with Crippen molar-refractivity contribution in [1.82, 2.24) is 4.98 Å². The van der Waals surface area contributed by atoms with E-state index in [9.17, 15) is 0 Å². The summed E-state index contributed by atoms with van der Waals surface area (Å²) >= 11 is 1.83. The minimum atomic E-state index is 1.24. The molecule has 18 heavy (non-hydrogen) atoms. The molecule has 0 aliphatic rings. The number of aromatic nitrogens is 1. The van der Waals surface area contributed by atoms with Crippen LogP contribution in [-0.4, -0.2) is 4.98 Å². The number of hydrogen-bond donors (Lipinski definition) is 1. The molecule has 0 bridgehead atoms. The third kappa shape index (κ3) is 0.900. The predicted octanol–water partition coefficient (Wildman–Crippen LogP) is 5.13. The predicted molar refractivity (Wildman–Crippen MR) is 79.9 cm³/mol. The first-order valence-corrected chi connectivity index (χ1v) is 6.92. The Balaban J connectivity index is 2.29. The molecule has 0 saturated carbocycles. The Labute approximate surface area is 107 Å². The van der Waals surface area contributed by atoms with Gasteiger partial charge >= 0.3 is 0 Å². The van der Waals surface area contributed by atoms with Crippen LogP contribution in [0.4, 0.5) is 0 Å². The molecule has 3 aromatic carbocycles. The third-order valence-corrected chi connectivity index (χ3v) is 4.79. The summed E-state index contributed by atoms with van der Waals surface area (Å²) in [6.45, 7) is 0. The van der Waals surface area contributed by atoms with Gasteiger partial charge in [-0.05, 0) is 34.4 Å². The molecule has 1 N–H and O–H groups in total. The Bertz CT molecular complexity index is 1020. The summed E-state index contributed by atoms with van der Waals surface area (Å²) in [6.07, 6.45) is 0. The van der Waals surface area contributed by atoms with Gasteiger partial charge in [0.25, 0.3) is 0 Å². The van der Waals surface area contributed by atoms with E-state index in [4.69, 9.17) is 0 Å². The highest BCUT2D eigenvalue weighted by molar-refractivity contribution is 7.18. The number of fused-ring (bicyclic) bond motifs is 2. The second-order valence-electron chi connectivity index (χ2n) is 4.78. The molecular formula is C16H9NS. The van der Waals surface area contributed by atoms with Crippen molar-refractivity contribution in [2.75, 3.05) is 0 Å². The highest BCUT2D eigenvalue weighted by atomic mass is 32.1. The highest BCUT2D eigenvalue weighted by Crippen LogP contribution is 2.39. The SMILES string of the molecule is c1cc2ccc3c4sccc4cc4[nH]c(c1)c2c43. The standard InChI is InChI=1S/C16H9NS/c1-2-9-4-5-11-15-13(17-12(3-1)14(9)15)8-10-6-7-18-16(10)11/h1-8,17H. The fraction of sp³-hybridized carbons (Fsp3) is 0. The number of thiophene rings is 1. The first kappa shape index (κ1) is 8.95. The average Bonchev–Trinajstić information content (AvgIpc) is 2.99. The van der Waals surface area contributed by atoms with Gasteiger partial charge in [0.1, 0.15) is 0 Å². The Morgan fingerprint density at radius 2 is 1.83 bits per heavy atom. The van der Waals surface area contributed by atoms with Crippen molar-refractivity contribution in [1.29, 1.82) is 0 Å². The van der Waals surface area contributed by atoms with E-state index < -0.39 is 0 Å². The topological polar surface area (TPSA) is 15.8 Å². The molecule has 2 heteroatoms. The zero-order valence-electron chi connectivity index (χ0n) is 9.53. The molecule has 1 nitrogen and oxygen atoms in total. The molecule has 0 amide bonds. The molecular weight excluding hydrogens is 238 g/mol. The Kier molecular flexibility index (Phi) is 1.41. The van der Waals surface area contributed by atoms with E-state index in [1.165, 1.54) is 42.7 Å². The second kappa shape index (κ2) is 2.85. The van der Waals surface area contributed by atoms with E-state index in [0.29, 0.717) is 0 Å². The summed E-state index contributed by atoms with van der Waals surface area (Å²) in [6, 6.07) is 15.4. The number of benzene rings is 3. The molecule has 0 spiro atoms. The van der Waals surface area contributed by atoms with Crippen molar-refractivity contribution in [3.8, 4) is 0 Å². The first-order chi connectivity index (χ1) is 8.92. The van der Waals surface area contributed by atoms with E-state index >= 15 is 0 Å². The van der Waals surface area contributed by atoms with Gasteiger partial charge in [-0.15, -0.1) is 11.3 Å². The van der Waals surface area contributed by atoms with Crippen LogP contribution in [0.2, 0.25) is 0 Å². The third-order valence-electron chi connectivity index (χ3n) is 3.82. The lowest BCUT2D eigenvalue weighted by atomic mass is 10.0. The van der Waals surface area contributed by atoms with E-state index in [1.807, 2.05) is 11.3 Å². The van der Waals surface area contributed by atoms with Gasteiger partial charge in [-0.1, -0.05) is 24.3 Å². The summed E-state index contributed by atoms with van der Waals surface area (Å²) in [5.74, 6) is 0. The maximum Gasteiger partial charge on any atom is 0.0478 e. The number of nitrogens with one attached hydrogen (secondary N) is 1. The van der Waals surface area contributed by atoms with Gasteiger partial charge in [0, 0.05) is 31.9 Å². The zero-order valence-corrected chi connectivity index (χ0v) is 10.3. The van der Waals surface area contributed by atoms with Crippen molar-refractivity contribution in [3.63, 3.8) is 0 Å². The van der Waals surface area contributed by atoms with Crippen LogP contribution < -0.4 is 0 Å². The molecule has 5 rings (SSSR count). The number of hydrogen-bond acceptors (Lipinski definition) is 1.